The first-order valence-electron chi connectivity index (χ1n) is 10.8. The molecule has 0 aliphatic heterocycles. The minimum Gasteiger partial charge on any atom is -0.394 e. The van der Waals surface area contributed by atoms with Crippen LogP contribution in [0.3, 0.4) is 0 Å². The van der Waals surface area contributed by atoms with Gasteiger partial charge in [-0.2, -0.15) is 0 Å². The van der Waals surface area contributed by atoms with Gasteiger partial charge in [0.25, 0.3) is 0 Å². The summed E-state index contributed by atoms with van der Waals surface area (Å²) in [6, 6.07) is 13.7. The van der Waals surface area contributed by atoms with Gasteiger partial charge in [-0.25, -0.2) is 0 Å². The molecule has 0 heterocycles. The predicted molar refractivity (Wildman–Crippen MR) is 117 cm³/mol. The summed E-state index contributed by atoms with van der Waals surface area (Å²) in [5, 5.41) is 16.2. The largest absolute Gasteiger partial charge is 0.394 e. The molecule has 28 heavy (non-hydrogen) atoms. The maximum Gasteiger partial charge on any atom is 0.0698 e. The average molecular weight is 385 g/mol. The first-order chi connectivity index (χ1) is 13.8. The van der Waals surface area contributed by atoms with Crippen molar-refractivity contribution in [2.75, 3.05) is 26.4 Å². The van der Waals surface area contributed by atoms with Crippen LogP contribution < -0.4 is 0 Å². The zero-order chi connectivity index (χ0) is 20.2. The lowest BCUT2D eigenvalue weighted by atomic mass is 9.90. The maximum absolute atomic E-state index is 8.09. The van der Waals surface area contributed by atoms with Crippen LogP contribution in [-0.2, 0) is 24.0 Å². The zero-order valence-electron chi connectivity index (χ0n) is 17.5. The molecule has 0 saturated carbocycles. The molecule has 0 radical (unpaired) electrons. The van der Waals surface area contributed by atoms with E-state index < -0.39 is 0 Å². The van der Waals surface area contributed by atoms with Gasteiger partial charge in [0, 0.05) is 0 Å². The molecule has 3 nitrogen and oxygen atoms in total. The normalized spacial score (nSPS) is 11.6. The number of hydrogen-bond donors (Lipinski definition) is 2. The van der Waals surface area contributed by atoms with Gasteiger partial charge in [-0.05, 0) is 65.5 Å². The van der Waals surface area contributed by atoms with E-state index in [4.69, 9.17) is 10.2 Å². The van der Waals surface area contributed by atoms with Crippen molar-refractivity contribution in [2.45, 2.75) is 58.8 Å². The number of hydrogen-bond acceptors (Lipinski definition) is 3. The molecule has 2 aromatic rings. The van der Waals surface area contributed by atoms with Crippen molar-refractivity contribution in [1.29, 1.82) is 0 Å². The highest BCUT2D eigenvalue weighted by Crippen LogP contribution is 2.40. The van der Waals surface area contributed by atoms with Gasteiger partial charge in [0.1, 0.15) is 0 Å². The molecule has 0 fully saturated rings. The molecular weight excluding hydrogens is 348 g/mol. The van der Waals surface area contributed by atoms with Crippen LogP contribution in [0, 0.1) is 0 Å². The minimum absolute atomic E-state index is 0.0278. The quantitative estimate of drug-likeness (QED) is 0.487. The van der Waals surface area contributed by atoms with Gasteiger partial charge in [-0.15, -0.1) is 0 Å². The van der Waals surface area contributed by atoms with Gasteiger partial charge in [0.15, 0.2) is 0 Å². The fraction of sp³-hybridized carbons (Fsp3) is 0.520. The van der Waals surface area contributed by atoms with E-state index in [0.29, 0.717) is 13.2 Å². The van der Waals surface area contributed by atoms with Crippen molar-refractivity contribution in [3.8, 4) is 11.1 Å². The van der Waals surface area contributed by atoms with Gasteiger partial charge in [0.05, 0.1) is 26.4 Å². The van der Waals surface area contributed by atoms with Crippen molar-refractivity contribution in [3.05, 3.63) is 58.7 Å². The van der Waals surface area contributed by atoms with Gasteiger partial charge < -0.3 is 14.9 Å². The highest BCUT2D eigenvalue weighted by atomic mass is 16.5. The number of benzene rings is 2. The van der Waals surface area contributed by atoms with Crippen molar-refractivity contribution < 1.29 is 14.9 Å². The van der Waals surface area contributed by atoms with Crippen molar-refractivity contribution in [3.63, 3.8) is 0 Å². The Bertz CT molecular complexity index is 705. The lowest BCUT2D eigenvalue weighted by Crippen LogP contribution is -2.03. The van der Waals surface area contributed by atoms with E-state index >= 15 is 0 Å². The van der Waals surface area contributed by atoms with Gasteiger partial charge in [0.2, 0.25) is 0 Å². The first kappa shape index (κ1) is 22.6. The third-order valence-corrected chi connectivity index (χ3v) is 5.25. The summed E-state index contributed by atoms with van der Waals surface area (Å²) < 4.78 is 4.63. The van der Waals surface area contributed by atoms with E-state index in [1.54, 1.807) is 16.7 Å². The summed E-state index contributed by atoms with van der Waals surface area (Å²) in [6.45, 7) is 5.28. The third-order valence-electron chi connectivity index (χ3n) is 5.25. The van der Waals surface area contributed by atoms with Crippen molar-refractivity contribution >= 4 is 0 Å². The second kappa shape index (κ2) is 12.7. The summed E-state index contributed by atoms with van der Waals surface area (Å²) in [5.41, 5.74) is 9.37. The van der Waals surface area contributed by atoms with Gasteiger partial charge >= 0.3 is 0 Å². The topological polar surface area (TPSA) is 49.7 Å². The SMILES string of the molecule is CCCCc1ccc2c(c1CCCC)Cc1ccccc1-2.OCCOCCO. The van der Waals surface area contributed by atoms with Crippen LogP contribution in [-0.4, -0.2) is 36.6 Å². The number of rotatable bonds is 10. The monoisotopic (exact) mass is 384 g/mol. The average Bonchev–Trinajstić information content (AvgIpc) is 3.10. The molecule has 0 saturated heterocycles. The van der Waals surface area contributed by atoms with E-state index in [0.717, 1.165) is 6.42 Å². The Hall–Kier alpha value is -1.68. The molecule has 0 spiro atoms. The first-order valence-corrected chi connectivity index (χ1v) is 10.8. The number of unbranched alkanes of at least 4 members (excludes halogenated alkanes) is 2. The van der Waals surface area contributed by atoms with Crippen LogP contribution in [0.4, 0.5) is 0 Å². The molecule has 154 valence electrons. The van der Waals surface area contributed by atoms with Crippen LogP contribution in [0.2, 0.25) is 0 Å². The summed E-state index contributed by atoms with van der Waals surface area (Å²) in [5.74, 6) is 0. The van der Waals surface area contributed by atoms with E-state index in [1.807, 2.05) is 0 Å². The molecule has 3 rings (SSSR count). The second-order valence-corrected chi connectivity index (χ2v) is 7.33. The second-order valence-electron chi connectivity index (χ2n) is 7.33. The fourth-order valence-electron chi connectivity index (χ4n) is 3.82. The third kappa shape index (κ3) is 6.16. The highest BCUT2D eigenvalue weighted by Gasteiger charge is 2.22. The van der Waals surface area contributed by atoms with Crippen molar-refractivity contribution in [1.82, 2.24) is 0 Å². The lowest BCUT2D eigenvalue weighted by molar-refractivity contribution is 0.0650. The Balaban J connectivity index is 0.000000345. The molecule has 0 unspecified atom stereocenters. The minimum atomic E-state index is 0.0278. The summed E-state index contributed by atoms with van der Waals surface area (Å²) in [7, 11) is 0. The Morgan fingerprint density at radius 1 is 0.821 bits per heavy atom. The molecule has 1 aliphatic carbocycles. The number of ether oxygens (including phenoxy) is 1. The summed E-state index contributed by atoms with van der Waals surface area (Å²) >= 11 is 0. The molecule has 2 aromatic carbocycles. The van der Waals surface area contributed by atoms with Crippen LogP contribution in [0.1, 0.15) is 61.8 Å². The van der Waals surface area contributed by atoms with Crippen LogP contribution in [0.25, 0.3) is 11.1 Å². The smallest absolute Gasteiger partial charge is 0.0698 e. The lowest BCUT2D eigenvalue weighted by Gasteiger charge is -2.15. The van der Waals surface area contributed by atoms with E-state index in [-0.39, 0.29) is 13.2 Å². The van der Waals surface area contributed by atoms with E-state index in [1.165, 1.54) is 55.2 Å². The highest BCUT2D eigenvalue weighted by molar-refractivity contribution is 5.78. The van der Waals surface area contributed by atoms with Crippen LogP contribution in [0.15, 0.2) is 36.4 Å². The number of aliphatic hydroxyl groups is 2. The van der Waals surface area contributed by atoms with Crippen molar-refractivity contribution in [2.24, 2.45) is 0 Å². The molecule has 2 N–H and O–H groups in total. The van der Waals surface area contributed by atoms with Crippen LogP contribution >= 0.6 is 0 Å². The Labute approximate surface area is 170 Å². The number of aliphatic hydroxyl groups excluding tert-OH is 2. The standard InChI is InChI=1S/C21H26.C4H10O3/c1-3-5-9-16-13-14-20-19-12-8-7-10-17(19)15-21(20)18(16)11-6-4-2;5-1-3-7-4-2-6/h7-8,10,12-14H,3-6,9,11,15H2,1-2H3;5-6H,1-4H2. The van der Waals surface area contributed by atoms with Gasteiger partial charge in [-0.1, -0.05) is 63.1 Å². The van der Waals surface area contributed by atoms with E-state index in [9.17, 15) is 0 Å². The summed E-state index contributed by atoms with van der Waals surface area (Å²) in [6.07, 6.45) is 8.83. The molecule has 0 aromatic heterocycles. The molecule has 1 aliphatic rings. The van der Waals surface area contributed by atoms with Gasteiger partial charge in [-0.3, -0.25) is 0 Å². The zero-order valence-corrected chi connectivity index (χ0v) is 17.5. The summed E-state index contributed by atoms with van der Waals surface area (Å²) in [4.78, 5) is 0. The predicted octanol–water partition coefficient (Wildman–Crippen LogP) is 4.93. The maximum atomic E-state index is 8.09. The van der Waals surface area contributed by atoms with Crippen LogP contribution in [0.5, 0.6) is 0 Å². The Morgan fingerprint density at radius 3 is 2.18 bits per heavy atom. The molecule has 0 amide bonds. The molecule has 0 bridgehead atoms. The number of aryl methyl sites for hydroxylation is 1. The molecular formula is C25H36O3. The molecule has 3 heteroatoms. The Morgan fingerprint density at radius 2 is 1.50 bits per heavy atom. The Kier molecular flexibility index (Phi) is 10.3. The number of fused-ring (bicyclic) bond motifs is 3. The fourth-order valence-corrected chi connectivity index (χ4v) is 3.82. The van der Waals surface area contributed by atoms with E-state index in [2.05, 4.69) is 55.0 Å². The molecule has 0 atom stereocenters.